The molecule has 0 spiro atoms. The molecule has 0 aliphatic carbocycles. The summed E-state index contributed by atoms with van der Waals surface area (Å²) in [6.07, 6.45) is 0. The first-order chi connectivity index (χ1) is 8.69. The number of benzene rings is 1. The van der Waals surface area contributed by atoms with Gasteiger partial charge < -0.3 is 5.32 Å². The van der Waals surface area contributed by atoms with Gasteiger partial charge in [0.15, 0.2) is 0 Å². The third-order valence-electron chi connectivity index (χ3n) is 2.21. The number of tetrazole rings is 1. The zero-order valence-electron chi connectivity index (χ0n) is 9.80. The van der Waals surface area contributed by atoms with Gasteiger partial charge in [-0.05, 0) is 36.4 Å². The van der Waals surface area contributed by atoms with E-state index in [2.05, 4.69) is 20.7 Å². The molecule has 1 heterocycles. The Hall–Kier alpha value is -1.95. The number of rotatable bonds is 4. The van der Waals surface area contributed by atoms with Crippen molar-refractivity contribution in [1.82, 2.24) is 25.5 Å². The molecule has 7 heteroatoms. The molecule has 6 nitrogen and oxygen atoms in total. The average molecular weight is 266 g/mol. The molecule has 0 atom stereocenters. The number of hydrogen-bond acceptors (Lipinski definition) is 4. The van der Waals surface area contributed by atoms with Crippen molar-refractivity contribution in [2.45, 2.75) is 13.5 Å². The molecule has 0 fully saturated rings. The first kappa shape index (κ1) is 12.5. The van der Waals surface area contributed by atoms with Crippen LogP contribution in [-0.4, -0.2) is 32.7 Å². The summed E-state index contributed by atoms with van der Waals surface area (Å²) in [6.45, 7) is 2.50. The van der Waals surface area contributed by atoms with Crippen LogP contribution in [-0.2, 0) is 11.3 Å². The minimum Gasteiger partial charge on any atom is -0.355 e. The van der Waals surface area contributed by atoms with E-state index in [4.69, 9.17) is 11.6 Å². The molecular weight excluding hydrogens is 254 g/mol. The van der Waals surface area contributed by atoms with Gasteiger partial charge in [-0.2, -0.15) is 4.80 Å². The Labute approximate surface area is 109 Å². The Morgan fingerprint density at radius 3 is 2.78 bits per heavy atom. The number of aromatic nitrogens is 4. The van der Waals surface area contributed by atoms with Gasteiger partial charge in [-0.15, -0.1) is 10.2 Å². The minimum absolute atomic E-state index is 0.0639. The summed E-state index contributed by atoms with van der Waals surface area (Å²) in [4.78, 5) is 12.6. The Balaban J connectivity index is 2.10. The van der Waals surface area contributed by atoms with Gasteiger partial charge >= 0.3 is 0 Å². The van der Waals surface area contributed by atoms with Crippen LogP contribution in [0.25, 0.3) is 11.4 Å². The predicted molar refractivity (Wildman–Crippen MR) is 66.9 cm³/mol. The van der Waals surface area contributed by atoms with E-state index in [9.17, 15) is 4.79 Å². The molecule has 1 aromatic carbocycles. The lowest BCUT2D eigenvalue weighted by Gasteiger charge is -1.99. The summed E-state index contributed by atoms with van der Waals surface area (Å²) in [5.74, 6) is 0.327. The highest BCUT2D eigenvalue weighted by Crippen LogP contribution is 2.16. The molecule has 94 valence electrons. The Morgan fingerprint density at radius 1 is 1.39 bits per heavy atom. The Bertz CT molecular complexity index is 537. The summed E-state index contributed by atoms with van der Waals surface area (Å²) in [7, 11) is 0. The fourth-order valence-corrected chi connectivity index (χ4v) is 1.53. The molecule has 1 amide bonds. The molecule has 0 bridgehead atoms. The predicted octanol–water partition coefficient (Wildman–Crippen LogP) is 1.13. The first-order valence-electron chi connectivity index (χ1n) is 5.49. The van der Waals surface area contributed by atoms with Gasteiger partial charge in [0.05, 0.1) is 0 Å². The number of amides is 1. The second kappa shape index (κ2) is 5.59. The molecule has 2 aromatic rings. The lowest BCUT2D eigenvalue weighted by molar-refractivity contribution is -0.121. The van der Waals surface area contributed by atoms with E-state index < -0.39 is 0 Å². The lowest BCUT2D eigenvalue weighted by Crippen LogP contribution is -2.28. The van der Waals surface area contributed by atoms with E-state index in [1.54, 1.807) is 24.3 Å². The molecule has 2 rings (SSSR count). The van der Waals surface area contributed by atoms with Gasteiger partial charge in [-0.3, -0.25) is 4.79 Å². The third kappa shape index (κ3) is 3.04. The van der Waals surface area contributed by atoms with Crippen molar-refractivity contribution in [3.63, 3.8) is 0 Å². The van der Waals surface area contributed by atoms with Crippen molar-refractivity contribution in [2.24, 2.45) is 0 Å². The van der Waals surface area contributed by atoms with Crippen LogP contribution < -0.4 is 5.32 Å². The maximum absolute atomic E-state index is 11.3. The SMILES string of the molecule is CCNC(=O)Cn1nnc(-c2ccc(Cl)cc2)n1. The minimum atomic E-state index is -0.141. The maximum Gasteiger partial charge on any atom is 0.243 e. The molecule has 0 aliphatic heterocycles. The average Bonchev–Trinajstić information content (AvgIpc) is 2.78. The van der Waals surface area contributed by atoms with Crippen LogP contribution in [0.2, 0.25) is 5.02 Å². The number of nitrogens with zero attached hydrogens (tertiary/aromatic N) is 4. The molecule has 0 radical (unpaired) electrons. The van der Waals surface area contributed by atoms with Crippen LogP contribution in [0.15, 0.2) is 24.3 Å². The largest absolute Gasteiger partial charge is 0.355 e. The van der Waals surface area contributed by atoms with Crippen molar-refractivity contribution in [3.05, 3.63) is 29.3 Å². The molecule has 0 aliphatic rings. The monoisotopic (exact) mass is 265 g/mol. The Kier molecular flexibility index (Phi) is 3.88. The van der Waals surface area contributed by atoms with Crippen molar-refractivity contribution < 1.29 is 4.79 Å². The van der Waals surface area contributed by atoms with E-state index in [1.165, 1.54) is 4.80 Å². The second-order valence-electron chi connectivity index (χ2n) is 3.60. The highest BCUT2D eigenvalue weighted by atomic mass is 35.5. The van der Waals surface area contributed by atoms with Crippen LogP contribution >= 0.6 is 11.6 Å². The third-order valence-corrected chi connectivity index (χ3v) is 2.47. The number of halogens is 1. The van der Waals surface area contributed by atoms with Gasteiger partial charge in [-0.25, -0.2) is 0 Å². The quantitative estimate of drug-likeness (QED) is 0.899. The van der Waals surface area contributed by atoms with Crippen molar-refractivity contribution in [1.29, 1.82) is 0 Å². The molecule has 18 heavy (non-hydrogen) atoms. The van der Waals surface area contributed by atoms with Crippen molar-refractivity contribution >= 4 is 17.5 Å². The number of nitrogens with one attached hydrogen (secondary N) is 1. The zero-order valence-corrected chi connectivity index (χ0v) is 10.6. The number of carbonyl (C=O) groups excluding carboxylic acids is 1. The lowest BCUT2D eigenvalue weighted by atomic mass is 10.2. The van der Waals surface area contributed by atoms with Crippen LogP contribution in [0, 0.1) is 0 Å². The van der Waals surface area contributed by atoms with Crippen LogP contribution in [0.3, 0.4) is 0 Å². The topological polar surface area (TPSA) is 72.7 Å². The van der Waals surface area contributed by atoms with Crippen LogP contribution in [0.1, 0.15) is 6.92 Å². The van der Waals surface area contributed by atoms with E-state index in [0.717, 1.165) is 5.56 Å². The number of carbonyl (C=O) groups is 1. The van der Waals surface area contributed by atoms with Crippen LogP contribution in [0.5, 0.6) is 0 Å². The van der Waals surface area contributed by atoms with Gasteiger partial charge in [0.1, 0.15) is 6.54 Å². The zero-order chi connectivity index (χ0) is 13.0. The maximum atomic E-state index is 11.3. The molecule has 0 unspecified atom stereocenters. The Morgan fingerprint density at radius 2 is 2.11 bits per heavy atom. The van der Waals surface area contributed by atoms with Crippen molar-refractivity contribution in [3.8, 4) is 11.4 Å². The van der Waals surface area contributed by atoms with E-state index in [0.29, 0.717) is 17.4 Å². The summed E-state index contributed by atoms with van der Waals surface area (Å²) < 4.78 is 0. The fraction of sp³-hybridized carbons (Fsp3) is 0.273. The first-order valence-corrected chi connectivity index (χ1v) is 5.87. The van der Waals surface area contributed by atoms with Crippen LogP contribution in [0.4, 0.5) is 0 Å². The molecule has 1 N–H and O–H groups in total. The number of likely N-dealkylation sites (N-methyl/N-ethyl adjacent to an activating group) is 1. The summed E-state index contributed by atoms with van der Waals surface area (Å²) >= 11 is 5.79. The van der Waals surface area contributed by atoms with E-state index >= 15 is 0 Å². The second-order valence-corrected chi connectivity index (χ2v) is 4.04. The van der Waals surface area contributed by atoms with E-state index in [1.807, 2.05) is 6.92 Å². The fourth-order valence-electron chi connectivity index (χ4n) is 1.41. The molecule has 0 saturated carbocycles. The van der Waals surface area contributed by atoms with Gasteiger partial charge in [0, 0.05) is 17.1 Å². The van der Waals surface area contributed by atoms with Gasteiger partial charge in [-0.1, -0.05) is 11.6 Å². The standard InChI is InChI=1S/C11H12ClN5O/c1-2-13-10(18)7-17-15-11(14-16-17)8-3-5-9(12)6-4-8/h3-6H,2,7H2,1H3,(H,13,18). The summed E-state index contributed by atoms with van der Waals surface area (Å²) in [6, 6.07) is 7.11. The highest BCUT2D eigenvalue weighted by molar-refractivity contribution is 6.30. The number of hydrogen-bond donors (Lipinski definition) is 1. The van der Waals surface area contributed by atoms with E-state index in [-0.39, 0.29) is 12.5 Å². The van der Waals surface area contributed by atoms with Gasteiger partial charge in [0.2, 0.25) is 11.7 Å². The summed E-state index contributed by atoms with van der Waals surface area (Å²) in [5, 5.41) is 15.1. The van der Waals surface area contributed by atoms with Gasteiger partial charge in [0.25, 0.3) is 0 Å². The smallest absolute Gasteiger partial charge is 0.243 e. The normalized spacial score (nSPS) is 10.3. The summed E-state index contributed by atoms with van der Waals surface area (Å²) in [5.41, 5.74) is 0.807. The molecule has 0 saturated heterocycles. The highest BCUT2D eigenvalue weighted by Gasteiger charge is 2.08. The molecule has 1 aromatic heterocycles. The molecular formula is C11H12ClN5O. The van der Waals surface area contributed by atoms with Crippen molar-refractivity contribution in [2.75, 3.05) is 6.54 Å².